The molecule has 2 aromatic rings. The molecule has 0 bridgehead atoms. The maximum Gasteiger partial charge on any atom is 0.231 e. The first-order chi connectivity index (χ1) is 12.6. The molecule has 1 aromatic heterocycles. The summed E-state index contributed by atoms with van der Waals surface area (Å²) in [5, 5.41) is 3.42. The highest BCUT2D eigenvalue weighted by atomic mass is 32.1. The van der Waals surface area contributed by atoms with E-state index < -0.39 is 0 Å². The van der Waals surface area contributed by atoms with Gasteiger partial charge >= 0.3 is 0 Å². The first kappa shape index (κ1) is 17.0. The Bertz CT molecular complexity index is 811. The number of nitrogens with zero attached hydrogens (tertiary/aromatic N) is 3. The third-order valence-electron chi connectivity index (χ3n) is 4.98. The summed E-state index contributed by atoms with van der Waals surface area (Å²) in [6, 6.07) is 8.10. The van der Waals surface area contributed by atoms with Gasteiger partial charge in [-0.1, -0.05) is 0 Å². The molecule has 1 atom stereocenters. The number of hydrogen-bond donors (Lipinski definition) is 1. The fourth-order valence-electron chi connectivity index (χ4n) is 3.57. The van der Waals surface area contributed by atoms with Crippen molar-refractivity contribution in [2.24, 2.45) is 5.92 Å². The van der Waals surface area contributed by atoms with Crippen LogP contribution >= 0.6 is 11.3 Å². The average Bonchev–Trinajstić information content (AvgIpc) is 3.37. The number of carbonyl (C=O) groups is 2. The molecule has 26 heavy (non-hydrogen) atoms. The Morgan fingerprint density at radius 3 is 2.54 bits per heavy atom. The molecule has 0 aliphatic carbocycles. The zero-order valence-corrected chi connectivity index (χ0v) is 15.6. The zero-order valence-electron chi connectivity index (χ0n) is 14.8. The smallest absolute Gasteiger partial charge is 0.231 e. The Morgan fingerprint density at radius 2 is 1.88 bits per heavy atom. The number of benzene rings is 1. The van der Waals surface area contributed by atoms with Gasteiger partial charge in [-0.15, -0.1) is 11.3 Å². The number of hydrogen-bond acceptors (Lipinski definition) is 5. The molecule has 3 heterocycles. The molecule has 2 amide bonds. The summed E-state index contributed by atoms with van der Waals surface area (Å²) in [5.74, 6) is -0.483. The van der Waals surface area contributed by atoms with Gasteiger partial charge in [-0.05, 0) is 44.0 Å². The van der Waals surface area contributed by atoms with E-state index in [1.54, 1.807) is 11.1 Å². The van der Waals surface area contributed by atoms with Crippen molar-refractivity contribution in [3.8, 4) is 0 Å². The van der Waals surface area contributed by atoms with Gasteiger partial charge in [0.05, 0.1) is 5.92 Å². The van der Waals surface area contributed by atoms with Crippen LogP contribution in [-0.2, 0) is 9.59 Å². The van der Waals surface area contributed by atoms with E-state index in [0.717, 1.165) is 23.7 Å². The predicted octanol–water partition coefficient (Wildman–Crippen LogP) is 3.04. The SMILES string of the molecule is Cc1cnc(NC(=O)C2CC(=O)N(c3ccc(N4CCCC4)cc3)C2)s1. The Labute approximate surface area is 156 Å². The van der Waals surface area contributed by atoms with Crippen molar-refractivity contribution in [1.29, 1.82) is 0 Å². The molecule has 7 heteroatoms. The fraction of sp³-hybridized carbons (Fsp3) is 0.421. The molecule has 2 aliphatic heterocycles. The van der Waals surface area contributed by atoms with Gasteiger partial charge in [0.1, 0.15) is 0 Å². The summed E-state index contributed by atoms with van der Waals surface area (Å²) in [6.07, 6.45) is 4.45. The topological polar surface area (TPSA) is 65.5 Å². The highest BCUT2D eigenvalue weighted by Gasteiger charge is 2.35. The second-order valence-corrected chi connectivity index (χ2v) is 8.12. The van der Waals surface area contributed by atoms with E-state index in [1.165, 1.54) is 29.9 Å². The average molecular weight is 370 g/mol. The molecule has 1 aromatic carbocycles. The molecule has 136 valence electrons. The summed E-state index contributed by atoms with van der Waals surface area (Å²) in [5.41, 5.74) is 2.06. The monoisotopic (exact) mass is 370 g/mol. The minimum absolute atomic E-state index is 0.00519. The number of carbonyl (C=O) groups excluding carboxylic acids is 2. The second kappa shape index (κ2) is 7.07. The van der Waals surface area contributed by atoms with Gasteiger partial charge in [0.25, 0.3) is 0 Å². The first-order valence-electron chi connectivity index (χ1n) is 8.99. The van der Waals surface area contributed by atoms with Gasteiger partial charge < -0.3 is 15.1 Å². The second-order valence-electron chi connectivity index (χ2n) is 6.88. The largest absolute Gasteiger partial charge is 0.372 e. The van der Waals surface area contributed by atoms with Gasteiger partial charge in [0.2, 0.25) is 11.8 Å². The van der Waals surface area contributed by atoms with Gasteiger partial charge in [-0.3, -0.25) is 9.59 Å². The quantitative estimate of drug-likeness (QED) is 0.898. The summed E-state index contributed by atoms with van der Waals surface area (Å²) in [6.45, 7) is 4.55. The molecular weight excluding hydrogens is 348 g/mol. The molecular formula is C19H22N4O2S. The van der Waals surface area contributed by atoms with E-state index in [0.29, 0.717) is 11.7 Å². The van der Waals surface area contributed by atoms with Crippen molar-refractivity contribution in [3.63, 3.8) is 0 Å². The minimum Gasteiger partial charge on any atom is -0.372 e. The molecule has 4 rings (SSSR count). The van der Waals surface area contributed by atoms with Crippen molar-refractivity contribution >= 4 is 39.7 Å². The molecule has 0 radical (unpaired) electrons. The maximum atomic E-state index is 12.4. The highest BCUT2D eigenvalue weighted by Crippen LogP contribution is 2.29. The lowest BCUT2D eigenvalue weighted by Gasteiger charge is -2.20. The van der Waals surface area contributed by atoms with Crippen molar-refractivity contribution in [1.82, 2.24) is 4.98 Å². The summed E-state index contributed by atoms with van der Waals surface area (Å²) < 4.78 is 0. The number of rotatable bonds is 4. The van der Waals surface area contributed by atoms with Gasteiger partial charge in [0.15, 0.2) is 5.13 Å². The number of thiazole rings is 1. The number of aryl methyl sites for hydroxylation is 1. The molecule has 1 N–H and O–H groups in total. The molecule has 2 aliphatic rings. The van der Waals surface area contributed by atoms with Crippen LogP contribution < -0.4 is 15.1 Å². The Balaban J connectivity index is 1.41. The molecule has 0 saturated carbocycles. The Hall–Kier alpha value is -2.41. The molecule has 2 saturated heterocycles. The van der Waals surface area contributed by atoms with Gasteiger partial charge in [0, 0.05) is 48.5 Å². The predicted molar refractivity (Wildman–Crippen MR) is 104 cm³/mol. The van der Waals surface area contributed by atoms with E-state index in [4.69, 9.17) is 0 Å². The molecule has 2 fully saturated rings. The van der Waals surface area contributed by atoms with Crippen LogP contribution in [0.25, 0.3) is 0 Å². The van der Waals surface area contributed by atoms with Crippen LogP contribution in [-0.4, -0.2) is 36.4 Å². The Kier molecular flexibility index (Phi) is 4.63. The van der Waals surface area contributed by atoms with E-state index in [9.17, 15) is 9.59 Å². The van der Waals surface area contributed by atoms with Crippen molar-refractivity contribution in [2.45, 2.75) is 26.2 Å². The van der Waals surface area contributed by atoms with Crippen molar-refractivity contribution in [3.05, 3.63) is 35.3 Å². The number of amides is 2. The standard InChI is InChI=1S/C19H22N4O2S/c1-13-11-20-19(26-13)21-18(25)14-10-17(24)23(12-14)16-6-4-15(5-7-16)22-8-2-3-9-22/h4-7,11,14H,2-3,8-10,12H2,1H3,(H,20,21,25). The van der Waals surface area contributed by atoms with Crippen molar-refractivity contribution in [2.75, 3.05) is 34.8 Å². The molecule has 0 spiro atoms. The van der Waals surface area contributed by atoms with Gasteiger partial charge in [-0.25, -0.2) is 4.98 Å². The normalized spacial score (nSPS) is 20.0. The number of anilines is 3. The summed E-state index contributed by atoms with van der Waals surface area (Å²) >= 11 is 1.44. The van der Waals surface area contributed by atoms with Crippen LogP contribution in [0.3, 0.4) is 0 Å². The molecule has 1 unspecified atom stereocenters. The highest BCUT2D eigenvalue weighted by molar-refractivity contribution is 7.15. The van der Waals surface area contributed by atoms with Crippen LogP contribution in [0.15, 0.2) is 30.5 Å². The fourth-order valence-corrected chi connectivity index (χ4v) is 4.24. The van der Waals surface area contributed by atoms with Crippen LogP contribution in [0, 0.1) is 12.8 Å². The lowest BCUT2D eigenvalue weighted by atomic mass is 10.1. The summed E-state index contributed by atoms with van der Waals surface area (Å²) in [7, 11) is 0. The third kappa shape index (κ3) is 3.44. The zero-order chi connectivity index (χ0) is 18.1. The van der Waals surface area contributed by atoms with E-state index in [1.807, 2.05) is 19.1 Å². The number of aromatic nitrogens is 1. The Morgan fingerprint density at radius 1 is 1.19 bits per heavy atom. The summed E-state index contributed by atoms with van der Waals surface area (Å²) in [4.78, 5) is 34.1. The number of nitrogens with one attached hydrogen (secondary N) is 1. The van der Waals surface area contributed by atoms with Crippen LogP contribution in [0.5, 0.6) is 0 Å². The van der Waals surface area contributed by atoms with E-state index >= 15 is 0 Å². The van der Waals surface area contributed by atoms with E-state index in [-0.39, 0.29) is 24.2 Å². The van der Waals surface area contributed by atoms with Crippen LogP contribution in [0.1, 0.15) is 24.1 Å². The van der Waals surface area contributed by atoms with E-state index in [2.05, 4.69) is 27.3 Å². The van der Waals surface area contributed by atoms with Crippen LogP contribution in [0.4, 0.5) is 16.5 Å². The third-order valence-corrected chi connectivity index (χ3v) is 5.81. The van der Waals surface area contributed by atoms with Crippen molar-refractivity contribution < 1.29 is 9.59 Å². The lowest BCUT2D eigenvalue weighted by molar-refractivity contribution is -0.122. The first-order valence-corrected chi connectivity index (χ1v) is 9.80. The van der Waals surface area contributed by atoms with Crippen LogP contribution in [0.2, 0.25) is 0 Å². The minimum atomic E-state index is -0.343. The molecule has 6 nitrogen and oxygen atoms in total. The lowest BCUT2D eigenvalue weighted by Crippen LogP contribution is -2.28. The van der Waals surface area contributed by atoms with Gasteiger partial charge in [-0.2, -0.15) is 0 Å². The maximum absolute atomic E-state index is 12.4.